The van der Waals surface area contributed by atoms with Crippen molar-refractivity contribution in [3.63, 3.8) is 0 Å². The van der Waals surface area contributed by atoms with Crippen molar-refractivity contribution in [1.82, 2.24) is 0 Å². The summed E-state index contributed by atoms with van der Waals surface area (Å²) in [6.45, 7) is 14.0. The molecule has 4 aliphatic carbocycles. The van der Waals surface area contributed by atoms with E-state index in [0.717, 1.165) is 11.8 Å². The largest absolute Gasteiger partial charge is 0.242 e. The van der Waals surface area contributed by atoms with Crippen LogP contribution in [0.1, 0.15) is 83.0 Å². The Morgan fingerprint density at radius 1 is 0.463 bits per heavy atom. The van der Waals surface area contributed by atoms with Crippen molar-refractivity contribution in [3.05, 3.63) is 178 Å². The van der Waals surface area contributed by atoms with Gasteiger partial charge >= 0.3 is 0 Å². The Bertz CT molecular complexity index is 2150. The Kier molecular flexibility index (Phi) is 9.10. The number of benzene rings is 6. The summed E-state index contributed by atoms with van der Waals surface area (Å²) in [5.41, 5.74) is 16.4. The Balaban J connectivity index is 1.07. The maximum atomic E-state index is 2.57. The second-order valence-corrected chi connectivity index (χ2v) is 20.0. The minimum absolute atomic E-state index is 0.221. The van der Waals surface area contributed by atoms with Gasteiger partial charge in [0, 0.05) is 0 Å². The van der Waals surface area contributed by atoms with E-state index in [4.69, 9.17) is 0 Å². The highest BCUT2D eigenvalue weighted by atomic mass is 31.1. The van der Waals surface area contributed by atoms with Crippen LogP contribution >= 0.6 is 7.92 Å². The van der Waals surface area contributed by atoms with Crippen molar-refractivity contribution in [2.24, 2.45) is 11.8 Å². The van der Waals surface area contributed by atoms with Gasteiger partial charge in [-0.25, -0.2) is 0 Å². The van der Waals surface area contributed by atoms with Gasteiger partial charge in [-0.15, -0.1) is 0 Å². The van der Waals surface area contributed by atoms with Gasteiger partial charge in [0.25, 0.3) is 0 Å². The average Bonchev–Trinajstić information content (AvgIpc) is 3.14. The summed E-state index contributed by atoms with van der Waals surface area (Å²) in [6, 6.07) is 52.1. The van der Waals surface area contributed by atoms with Gasteiger partial charge in [-0.3, -0.25) is 0 Å². The number of hydrogen-bond donors (Lipinski definition) is 0. The maximum absolute atomic E-state index is 2.57. The molecule has 2 heteroatoms. The lowest BCUT2D eigenvalue weighted by molar-refractivity contribution is -0.0281. The van der Waals surface area contributed by atoms with Crippen LogP contribution in [0.5, 0.6) is 0 Å². The summed E-state index contributed by atoms with van der Waals surface area (Å²) in [5, 5.41) is 4.30. The van der Waals surface area contributed by atoms with Crippen LogP contribution in [0.2, 0.25) is 0 Å². The van der Waals surface area contributed by atoms with Gasteiger partial charge in [-0.1, -0.05) is 183 Å². The van der Waals surface area contributed by atoms with Crippen LogP contribution in [0.4, 0.5) is 0 Å². The van der Waals surface area contributed by atoms with E-state index in [1.165, 1.54) is 104 Å². The summed E-state index contributed by atoms with van der Waals surface area (Å²) < 4.78 is 0. The highest BCUT2D eigenvalue weighted by Gasteiger charge is 2.58. The Morgan fingerprint density at radius 3 is 1.24 bits per heavy atom. The van der Waals surface area contributed by atoms with Crippen molar-refractivity contribution in [1.29, 1.82) is 0 Å². The first-order valence-electron chi connectivity index (χ1n) is 20.4. The van der Waals surface area contributed by atoms with E-state index in [-0.39, 0.29) is 17.5 Å². The van der Waals surface area contributed by atoms with Gasteiger partial charge in [0.2, 0.25) is 6.71 Å². The smallest absolute Gasteiger partial charge is 0.0686 e. The first-order valence-corrected chi connectivity index (χ1v) is 21.7. The zero-order chi connectivity index (χ0) is 37.2. The predicted octanol–water partition coefficient (Wildman–Crippen LogP) is 9.60. The fraction of sp³-hybridized carbons (Fsp3) is 0.308. The molecule has 0 nitrogen and oxygen atoms in total. The van der Waals surface area contributed by atoms with Gasteiger partial charge in [-0.05, 0) is 138 Å². The SMILES string of the molecule is Cc1cc(C)c(B(c2ccc(C34CC5CC(C3)CC(c3ccc(P(c6ccccc6)c6ccccc6)cc3)(C5)C4)cc2)c2c(C)cc(C)cc2C)c(C)c1. The van der Waals surface area contributed by atoms with Crippen molar-refractivity contribution in [3.8, 4) is 0 Å². The lowest BCUT2D eigenvalue weighted by Gasteiger charge is -2.63. The third-order valence-corrected chi connectivity index (χ3v) is 16.2. The Hall–Kier alpha value is -4.19. The second kappa shape index (κ2) is 13.8. The van der Waals surface area contributed by atoms with E-state index >= 15 is 0 Å². The van der Waals surface area contributed by atoms with Crippen molar-refractivity contribution in [2.75, 3.05) is 0 Å². The van der Waals surface area contributed by atoms with Gasteiger partial charge < -0.3 is 0 Å². The maximum Gasteiger partial charge on any atom is 0.242 e. The molecular weight excluding hydrogens is 666 g/mol. The summed E-state index contributed by atoms with van der Waals surface area (Å²) in [6.07, 6.45) is 8.13. The molecule has 4 aliphatic rings. The van der Waals surface area contributed by atoms with Crippen LogP contribution in [0.15, 0.2) is 133 Å². The molecule has 0 N–H and O–H groups in total. The van der Waals surface area contributed by atoms with E-state index < -0.39 is 7.92 Å². The molecule has 0 radical (unpaired) electrons. The van der Waals surface area contributed by atoms with E-state index in [2.05, 4.69) is 175 Å². The molecule has 4 saturated carbocycles. The molecule has 0 amide bonds. The average molecular weight is 721 g/mol. The number of hydrogen-bond acceptors (Lipinski definition) is 0. The third-order valence-electron chi connectivity index (χ3n) is 13.7. The molecule has 270 valence electrons. The van der Waals surface area contributed by atoms with Gasteiger partial charge in [0.1, 0.15) is 0 Å². The number of rotatable bonds is 8. The van der Waals surface area contributed by atoms with Crippen LogP contribution in [-0.2, 0) is 10.8 Å². The van der Waals surface area contributed by atoms with Crippen LogP contribution in [0, 0.1) is 53.4 Å². The van der Waals surface area contributed by atoms with E-state index in [1.807, 2.05) is 0 Å². The fourth-order valence-corrected chi connectivity index (χ4v) is 14.6. The minimum Gasteiger partial charge on any atom is -0.0686 e. The molecule has 4 bridgehead atoms. The quantitative estimate of drug-likeness (QED) is 0.109. The monoisotopic (exact) mass is 720 g/mol. The minimum atomic E-state index is -0.592. The zero-order valence-corrected chi connectivity index (χ0v) is 34.0. The lowest BCUT2D eigenvalue weighted by atomic mass is 9.34. The Morgan fingerprint density at radius 2 is 0.833 bits per heavy atom. The van der Waals surface area contributed by atoms with Crippen LogP contribution in [0.25, 0.3) is 0 Å². The van der Waals surface area contributed by atoms with Crippen LogP contribution < -0.4 is 32.3 Å². The normalized spacial score (nSPS) is 22.9. The van der Waals surface area contributed by atoms with Crippen molar-refractivity contribution in [2.45, 2.75) is 90.9 Å². The molecule has 10 rings (SSSR count). The molecule has 0 aliphatic heterocycles. The standard InChI is InChI=1S/C52H54BP/c1-35-25-37(3)49(38(4)26-35)53(50-39(5)27-36(2)28-40(50)6)45-21-17-43(18-22-45)51-30-41-29-42(31-51)33-52(32-41,34-51)44-19-23-48(24-20-44)54(46-13-9-7-10-14-46)47-15-11-8-12-16-47/h7-28,41-42H,29-34H2,1-6H3. The van der Waals surface area contributed by atoms with Gasteiger partial charge in [0.15, 0.2) is 0 Å². The lowest BCUT2D eigenvalue weighted by Crippen LogP contribution is -2.57. The summed E-state index contributed by atoms with van der Waals surface area (Å²) in [5.74, 6) is 1.64. The highest BCUT2D eigenvalue weighted by molar-refractivity contribution is 7.79. The molecule has 6 aromatic carbocycles. The van der Waals surface area contributed by atoms with Crippen molar-refractivity contribution >= 4 is 46.9 Å². The Labute approximate surface area is 326 Å². The van der Waals surface area contributed by atoms with Gasteiger partial charge in [0.05, 0.1) is 0 Å². The molecule has 0 saturated heterocycles. The fourth-order valence-electron chi connectivity index (χ4n) is 12.3. The summed E-state index contributed by atoms with van der Waals surface area (Å²) in [4.78, 5) is 0. The van der Waals surface area contributed by atoms with Crippen LogP contribution in [0.3, 0.4) is 0 Å². The highest BCUT2D eigenvalue weighted by Crippen LogP contribution is 2.66. The zero-order valence-electron chi connectivity index (χ0n) is 33.1. The molecule has 0 spiro atoms. The van der Waals surface area contributed by atoms with Gasteiger partial charge in [-0.2, -0.15) is 0 Å². The molecule has 4 fully saturated rings. The molecule has 0 aromatic heterocycles. The van der Waals surface area contributed by atoms with Crippen molar-refractivity contribution < 1.29 is 0 Å². The first-order chi connectivity index (χ1) is 26.1. The molecule has 6 aromatic rings. The third kappa shape index (κ3) is 6.22. The predicted molar refractivity (Wildman–Crippen MR) is 236 cm³/mol. The van der Waals surface area contributed by atoms with Crippen LogP contribution in [-0.4, -0.2) is 6.71 Å². The van der Waals surface area contributed by atoms with E-state index in [0.29, 0.717) is 0 Å². The van der Waals surface area contributed by atoms with E-state index in [9.17, 15) is 0 Å². The molecule has 2 unspecified atom stereocenters. The summed E-state index contributed by atoms with van der Waals surface area (Å²) >= 11 is 0. The summed E-state index contributed by atoms with van der Waals surface area (Å²) in [7, 11) is -0.592. The molecule has 2 atom stereocenters. The topological polar surface area (TPSA) is 0 Å². The number of aryl methyl sites for hydroxylation is 6. The molecule has 0 heterocycles. The molecular formula is C52H54BP. The second-order valence-electron chi connectivity index (χ2n) is 17.8. The first kappa shape index (κ1) is 35.5. The molecule has 54 heavy (non-hydrogen) atoms. The van der Waals surface area contributed by atoms with E-state index in [1.54, 1.807) is 11.1 Å².